The highest BCUT2D eigenvalue weighted by Crippen LogP contribution is 2.16. The van der Waals surface area contributed by atoms with Gasteiger partial charge in [-0.05, 0) is 36.8 Å². The number of carbonyl (C=O) groups excluding carboxylic acids is 1. The summed E-state index contributed by atoms with van der Waals surface area (Å²) in [5.74, 6) is -0.645. The van der Waals surface area contributed by atoms with Gasteiger partial charge in [0.1, 0.15) is 5.82 Å². The van der Waals surface area contributed by atoms with Crippen LogP contribution in [0.1, 0.15) is 21.5 Å². The number of aryl methyl sites for hydroxylation is 1. The third-order valence-electron chi connectivity index (χ3n) is 3.31. The Morgan fingerprint density at radius 2 is 1.90 bits per heavy atom. The Hall–Kier alpha value is -2.75. The molecule has 0 unspecified atom stereocenters. The van der Waals surface area contributed by atoms with Crippen LogP contribution < -0.4 is 0 Å². The van der Waals surface area contributed by atoms with Crippen molar-refractivity contribution in [3.8, 4) is 5.69 Å². The number of carbonyl (C=O) groups is 1. The SMILES string of the molecule is Cc1ccc(F)cc1C(=O)c1cnn(-c2ccccc2)c1. The van der Waals surface area contributed by atoms with Gasteiger partial charge in [-0.1, -0.05) is 24.3 Å². The van der Waals surface area contributed by atoms with Crippen molar-refractivity contribution in [1.82, 2.24) is 9.78 Å². The zero-order chi connectivity index (χ0) is 14.8. The smallest absolute Gasteiger partial charge is 0.196 e. The molecule has 0 N–H and O–H groups in total. The van der Waals surface area contributed by atoms with Crippen LogP contribution in [-0.2, 0) is 0 Å². The fraction of sp³-hybridized carbons (Fsp3) is 0.0588. The molecule has 0 spiro atoms. The third kappa shape index (κ3) is 2.60. The van der Waals surface area contributed by atoms with Crippen LogP contribution in [0.5, 0.6) is 0 Å². The second-order valence-corrected chi connectivity index (χ2v) is 4.80. The van der Waals surface area contributed by atoms with E-state index in [-0.39, 0.29) is 5.78 Å². The standard InChI is InChI=1S/C17H13FN2O/c1-12-7-8-14(18)9-16(12)17(21)13-10-19-20(11-13)15-5-3-2-4-6-15/h2-11H,1H3. The maximum atomic E-state index is 13.3. The monoisotopic (exact) mass is 280 g/mol. The molecule has 1 aromatic heterocycles. The van der Waals surface area contributed by atoms with Gasteiger partial charge >= 0.3 is 0 Å². The van der Waals surface area contributed by atoms with Gasteiger partial charge in [-0.15, -0.1) is 0 Å². The van der Waals surface area contributed by atoms with E-state index in [0.29, 0.717) is 11.1 Å². The summed E-state index contributed by atoms with van der Waals surface area (Å²) in [5, 5.41) is 4.19. The number of rotatable bonds is 3. The van der Waals surface area contributed by atoms with E-state index in [0.717, 1.165) is 11.3 Å². The highest BCUT2D eigenvalue weighted by molar-refractivity contribution is 6.09. The van der Waals surface area contributed by atoms with Crippen LogP contribution in [0, 0.1) is 12.7 Å². The molecule has 0 radical (unpaired) electrons. The molecule has 0 saturated heterocycles. The van der Waals surface area contributed by atoms with Gasteiger partial charge in [-0.2, -0.15) is 5.10 Å². The second-order valence-electron chi connectivity index (χ2n) is 4.80. The fourth-order valence-electron chi connectivity index (χ4n) is 2.16. The Kier molecular flexibility index (Phi) is 3.36. The van der Waals surface area contributed by atoms with Crippen LogP contribution in [0.25, 0.3) is 5.69 Å². The number of aromatic nitrogens is 2. The van der Waals surface area contributed by atoms with E-state index in [9.17, 15) is 9.18 Å². The van der Waals surface area contributed by atoms with Gasteiger partial charge in [-0.25, -0.2) is 9.07 Å². The average Bonchev–Trinajstić information content (AvgIpc) is 3.00. The molecule has 4 heteroatoms. The van der Waals surface area contributed by atoms with Gasteiger partial charge in [-0.3, -0.25) is 4.79 Å². The van der Waals surface area contributed by atoms with Crippen LogP contribution in [0.3, 0.4) is 0 Å². The third-order valence-corrected chi connectivity index (χ3v) is 3.31. The molecule has 0 aliphatic rings. The molecule has 0 fully saturated rings. The van der Waals surface area contributed by atoms with Gasteiger partial charge in [0.2, 0.25) is 0 Å². The molecule has 104 valence electrons. The predicted octanol–water partition coefficient (Wildman–Crippen LogP) is 3.55. The normalized spacial score (nSPS) is 10.6. The van der Waals surface area contributed by atoms with E-state index in [4.69, 9.17) is 0 Å². The lowest BCUT2D eigenvalue weighted by molar-refractivity contribution is 0.103. The molecular weight excluding hydrogens is 267 g/mol. The molecule has 2 aromatic carbocycles. The van der Waals surface area contributed by atoms with E-state index in [1.807, 2.05) is 30.3 Å². The molecule has 1 heterocycles. The van der Waals surface area contributed by atoms with Gasteiger partial charge in [0.25, 0.3) is 0 Å². The number of hydrogen-bond acceptors (Lipinski definition) is 2. The summed E-state index contributed by atoms with van der Waals surface area (Å²) < 4.78 is 14.9. The van der Waals surface area contributed by atoms with Crippen LogP contribution in [0.15, 0.2) is 60.9 Å². The van der Waals surface area contributed by atoms with Crippen LogP contribution in [0.2, 0.25) is 0 Å². The van der Waals surface area contributed by atoms with Crippen molar-refractivity contribution < 1.29 is 9.18 Å². The minimum Gasteiger partial charge on any atom is -0.288 e. The molecule has 3 nitrogen and oxygen atoms in total. The Morgan fingerprint density at radius 1 is 1.14 bits per heavy atom. The maximum Gasteiger partial charge on any atom is 0.196 e. The molecule has 0 bridgehead atoms. The highest BCUT2D eigenvalue weighted by atomic mass is 19.1. The molecule has 0 aliphatic carbocycles. The summed E-state index contributed by atoms with van der Waals surface area (Å²) in [6, 6.07) is 13.7. The van der Waals surface area contributed by atoms with Crippen LogP contribution >= 0.6 is 0 Å². The molecule has 0 aliphatic heterocycles. The first-order valence-electron chi connectivity index (χ1n) is 6.56. The summed E-state index contributed by atoms with van der Waals surface area (Å²) in [4.78, 5) is 12.4. The Labute approximate surface area is 121 Å². The van der Waals surface area contributed by atoms with E-state index in [1.54, 1.807) is 23.9 Å². The summed E-state index contributed by atoms with van der Waals surface area (Å²) in [7, 11) is 0. The molecule has 21 heavy (non-hydrogen) atoms. The van der Waals surface area contributed by atoms with Crippen molar-refractivity contribution in [3.63, 3.8) is 0 Å². The average molecular weight is 280 g/mol. The zero-order valence-corrected chi connectivity index (χ0v) is 11.5. The van der Waals surface area contributed by atoms with E-state index < -0.39 is 5.82 Å². The topological polar surface area (TPSA) is 34.9 Å². The van der Waals surface area contributed by atoms with Crippen molar-refractivity contribution >= 4 is 5.78 Å². The first-order chi connectivity index (χ1) is 10.1. The number of para-hydroxylation sites is 1. The minimum atomic E-state index is -0.417. The van der Waals surface area contributed by atoms with Crippen molar-refractivity contribution in [2.75, 3.05) is 0 Å². The quantitative estimate of drug-likeness (QED) is 0.688. The van der Waals surface area contributed by atoms with Gasteiger partial charge < -0.3 is 0 Å². The lowest BCUT2D eigenvalue weighted by Gasteiger charge is -2.03. The lowest BCUT2D eigenvalue weighted by atomic mass is 10.0. The number of halogens is 1. The summed E-state index contributed by atoms with van der Waals surface area (Å²) in [6.45, 7) is 1.79. The number of ketones is 1. The van der Waals surface area contributed by atoms with E-state index in [2.05, 4.69) is 5.10 Å². The summed E-state index contributed by atoms with van der Waals surface area (Å²) in [5.41, 5.74) is 2.41. The molecule has 0 amide bonds. The van der Waals surface area contributed by atoms with Gasteiger partial charge in [0.15, 0.2) is 5.78 Å². The Morgan fingerprint density at radius 3 is 2.67 bits per heavy atom. The summed E-state index contributed by atoms with van der Waals surface area (Å²) >= 11 is 0. The maximum absolute atomic E-state index is 13.3. The minimum absolute atomic E-state index is 0.228. The molecule has 3 rings (SSSR count). The fourth-order valence-corrected chi connectivity index (χ4v) is 2.16. The van der Waals surface area contributed by atoms with E-state index in [1.165, 1.54) is 18.3 Å². The van der Waals surface area contributed by atoms with E-state index >= 15 is 0 Å². The van der Waals surface area contributed by atoms with Crippen LogP contribution in [-0.4, -0.2) is 15.6 Å². The number of hydrogen-bond donors (Lipinski definition) is 0. The van der Waals surface area contributed by atoms with Crippen molar-refractivity contribution in [2.24, 2.45) is 0 Å². The molecule has 0 saturated carbocycles. The molecule has 3 aromatic rings. The largest absolute Gasteiger partial charge is 0.288 e. The summed E-state index contributed by atoms with van der Waals surface area (Å²) in [6.07, 6.45) is 3.15. The van der Waals surface area contributed by atoms with Gasteiger partial charge in [0.05, 0.1) is 17.4 Å². The Balaban J connectivity index is 1.96. The van der Waals surface area contributed by atoms with Crippen LogP contribution in [0.4, 0.5) is 4.39 Å². The lowest BCUT2D eigenvalue weighted by Crippen LogP contribution is -2.03. The predicted molar refractivity (Wildman–Crippen MR) is 78.1 cm³/mol. The zero-order valence-electron chi connectivity index (χ0n) is 11.5. The number of benzene rings is 2. The highest BCUT2D eigenvalue weighted by Gasteiger charge is 2.15. The molecule has 0 atom stereocenters. The van der Waals surface area contributed by atoms with Gasteiger partial charge in [0, 0.05) is 11.8 Å². The Bertz CT molecular complexity index is 794. The second kappa shape index (κ2) is 5.32. The first-order valence-corrected chi connectivity index (χ1v) is 6.56. The molecular formula is C17H13FN2O. The van der Waals surface area contributed by atoms with Crippen molar-refractivity contribution in [3.05, 3.63) is 83.4 Å². The first kappa shape index (κ1) is 13.2. The van der Waals surface area contributed by atoms with Crippen molar-refractivity contribution in [1.29, 1.82) is 0 Å². The number of nitrogens with zero attached hydrogens (tertiary/aromatic N) is 2. The van der Waals surface area contributed by atoms with Crippen molar-refractivity contribution in [2.45, 2.75) is 6.92 Å².